The zero-order valence-electron chi connectivity index (χ0n) is 14.3. The molecule has 0 bridgehead atoms. The Morgan fingerprint density at radius 1 is 1.46 bits per heavy atom. The van der Waals surface area contributed by atoms with Gasteiger partial charge < -0.3 is 14.6 Å². The monoisotopic (exact) mass is 329 g/mol. The third-order valence-electron chi connectivity index (χ3n) is 4.49. The van der Waals surface area contributed by atoms with Crippen LogP contribution in [0.2, 0.25) is 0 Å². The lowest BCUT2D eigenvalue weighted by Gasteiger charge is -2.20. The summed E-state index contributed by atoms with van der Waals surface area (Å²) < 4.78 is 10.7. The number of aromatic nitrogens is 2. The van der Waals surface area contributed by atoms with Gasteiger partial charge in [0.2, 0.25) is 17.6 Å². The third kappa shape index (κ3) is 3.58. The Labute approximate surface area is 141 Å². The second kappa shape index (κ2) is 7.03. The van der Waals surface area contributed by atoms with Crippen molar-refractivity contribution in [1.82, 2.24) is 15.5 Å². The molecule has 1 aromatic heterocycles. The molecule has 128 valence electrons. The van der Waals surface area contributed by atoms with Crippen molar-refractivity contribution in [3.05, 3.63) is 30.2 Å². The van der Waals surface area contributed by atoms with E-state index in [1.165, 1.54) is 0 Å². The number of carbonyl (C=O) groups excluding carboxylic acids is 1. The highest BCUT2D eigenvalue weighted by Gasteiger charge is 2.34. The van der Waals surface area contributed by atoms with Gasteiger partial charge in [-0.15, -0.1) is 0 Å². The number of ether oxygens (including phenoxy) is 1. The van der Waals surface area contributed by atoms with E-state index >= 15 is 0 Å². The summed E-state index contributed by atoms with van der Waals surface area (Å²) in [6.07, 6.45) is 2.85. The number of rotatable bonds is 7. The highest BCUT2D eigenvalue weighted by atomic mass is 16.5. The minimum absolute atomic E-state index is 0.0847. The van der Waals surface area contributed by atoms with Gasteiger partial charge >= 0.3 is 0 Å². The molecule has 2 atom stereocenters. The number of hydrogen-bond acceptors (Lipinski definition) is 5. The Morgan fingerprint density at radius 2 is 2.25 bits per heavy atom. The first-order valence-electron chi connectivity index (χ1n) is 8.40. The molecule has 1 aliphatic rings. The van der Waals surface area contributed by atoms with Crippen LogP contribution < -0.4 is 10.1 Å². The number of nitrogens with zero attached hydrogens (tertiary/aromatic N) is 2. The van der Waals surface area contributed by atoms with Gasteiger partial charge in [-0.2, -0.15) is 4.98 Å². The van der Waals surface area contributed by atoms with E-state index in [-0.39, 0.29) is 23.8 Å². The lowest BCUT2D eigenvalue weighted by atomic mass is 9.98. The molecule has 2 aromatic rings. The summed E-state index contributed by atoms with van der Waals surface area (Å²) in [4.78, 5) is 16.7. The van der Waals surface area contributed by atoms with Gasteiger partial charge in [-0.25, -0.2) is 0 Å². The average Bonchev–Trinajstić information content (AvgIpc) is 3.36. The van der Waals surface area contributed by atoms with E-state index in [4.69, 9.17) is 9.26 Å². The first-order valence-corrected chi connectivity index (χ1v) is 8.40. The Bertz CT molecular complexity index is 709. The van der Waals surface area contributed by atoms with Crippen LogP contribution in [-0.4, -0.2) is 23.2 Å². The molecule has 6 heteroatoms. The fourth-order valence-corrected chi connectivity index (χ4v) is 2.54. The quantitative estimate of drug-likeness (QED) is 0.843. The standard InChI is InChI=1S/C18H23N3O3/c1-4-11(2)15(19-17(22)12-8-9-12)18-20-16(21-24-18)13-6-5-7-14(10-13)23-3/h5-7,10-12,15H,4,8-9H2,1-3H3,(H,19,22)/t11-,15-/m1/s1. The van der Waals surface area contributed by atoms with Crippen molar-refractivity contribution in [1.29, 1.82) is 0 Å². The predicted octanol–water partition coefficient (Wildman–Crippen LogP) is 3.36. The molecule has 1 heterocycles. The van der Waals surface area contributed by atoms with Crippen LogP contribution in [0.4, 0.5) is 0 Å². The second-order valence-electron chi connectivity index (χ2n) is 6.33. The molecule has 6 nitrogen and oxygen atoms in total. The molecule has 0 saturated heterocycles. The van der Waals surface area contributed by atoms with Crippen LogP contribution in [0.5, 0.6) is 5.75 Å². The van der Waals surface area contributed by atoms with E-state index in [0.717, 1.165) is 30.6 Å². The second-order valence-corrected chi connectivity index (χ2v) is 6.33. The summed E-state index contributed by atoms with van der Waals surface area (Å²) in [6, 6.07) is 7.25. The Morgan fingerprint density at radius 3 is 2.92 bits per heavy atom. The van der Waals surface area contributed by atoms with Crippen molar-refractivity contribution < 1.29 is 14.1 Å². The smallest absolute Gasteiger partial charge is 0.249 e. The summed E-state index contributed by atoms with van der Waals surface area (Å²) in [7, 11) is 1.62. The Balaban J connectivity index is 1.83. The fraction of sp³-hybridized carbons (Fsp3) is 0.500. The van der Waals surface area contributed by atoms with Crippen LogP contribution >= 0.6 is 0 Å². The summed E-state index contributed by atoms with van der Waals surface area (Å²) >= 11 is 0. The highest BCUT2D eigenvalue weighted by Crippen LogP contribution is 2.32. The van der Waals surface area contributed by atoms with Crippen LogP contribution in [-0.2, 0) is 4.79 Å². The van der Waals surface area contributed by atoms with E-state index in [2.05, 4.69) is 29.3 Å². The minimum Gasteiger partial charge on any atom is -0.497 e. The maximum Gasteiger partial charge on any atom is 0.249 e. The molecule has 1 fully saturated rings. The van der Waals surface area contributed by atoms with Crippen LogP contribution in [0, 0.1) is 11.8 Å². The van der Waals surface area contributed by atoms with Crippen molar-refractivity contribution in [3.63, 3.8) is 0 Å². The summed E-state index contributed by atoms with van der Waals surface area (Å²) in [5, 5.41) is 7.15. The molecule has 3 rings (SSSR count). The molecule has 0 radical (unpaired) electrons. The van der Waals surface area contributed by atoms with E-state index in [1.54, 1.807) is 7.11 Å². The molecule has 1 N–H and O–H groups in total. The number of benzene rings is 1. The van der Waals surface area contributed by atoms with Crippen molar-refractivity contribution >= 4 is 5.91 Å². The van der Waals surface area contributed by atoms with Crippen molar-refractivity contribution in [2.24, 2.45) is 11.8 Å². The molecule has 0 spiro atoms. The number of amides is 1. The number of nitrogens with one attached hydrogen (secondary N) is 1. The molecule has 24 heavy (non-hydrogen) atoms. The van der Waals surface area contributed by atoms with E-state index in [0.29, 0.717) is 11.7 Å². The first-order chi connectivity index (χ1) is 11.6. The predicted molar refractivity (Wildman–Crippen MR) is 89.3 cm³/mol. The van der Waals surface area contributed by atoms with Gasteiger partial charge in [0, 0.05) is 11.5 Å². The molecular weight excluding hydrogens is 306 g/mol. The number of hydrogen-bond donors (Lipinski definition) is 1. The van der Waals surface area contributed by atoms with Gasteiger partial charge in [-0.05, 0) is 30.9 Å². The van der Waals surface area contributed by atoms with E-state index in [9.17, 15) is 4.79 Å². The maximum atomic E-state index is 12.2. The molecule has 1 aromatic carbocycles. The highest BCUT2D eigenvalue weighted by molar-refractivity contribution is 5.81. The van der Waals surface area contributed by atoms with Crippen LogP contribution in [0.25, 0.3) is 11.4 Å². The fourth-order valence-electron chi connectivity index (χ4n) is 2.54. The molecule has 0 unspecified atom stereocenters. The van der Waals surface area contributed by atoms with Crippen molar-refractivity contribution in [2.75, 3.05) is 7.11 Å². The van der Waals surface area contributed by atoms with Gasteiger partial charge in [0.15, 0.2) is 0 Å². The van der Waals surface area contributed by atoms with Crippen LogP contribution in [0.1, 0.15) is 45.0 Å². The zero-order chi connectivity index (χ0) is 17.1. The normalized spacial score (nSPS) is 16.5. The molecular formula is C18H23N3O3. The number of carbonyl (C=O) groups is 1. The molecule has 1 saturated carbocycles. The summed E-state index contributed by atoms with van der Waals surface area (Å²) in [5.41, 5.74) is 0.820. The van der Waals surface area contributed by atoms with Gasteiger partial charge in [-0.3, -0.25) is 4.79 Å². The number of methoxy groups -OCH3 is 1. The van der Waals surface area contributed by atoms with Crippen LogP contribution in [0.3, 0.4) is 0 Å². The van der Waals surface area contributed by atoms with Crippen molar-refractivity contribution in [2.45, 2.75) is 39.2 Å². The average molecular weight is 329 g/mol. The summed E-state index contributed by atoms with van der Waals surface area (Å²) in [6.45, 7) is 4.16. The van der Waals surface area contributed by atoms with E-state index in [1.807, 2.05) is 24.3 Å². The third-order valence-corrected chi connectivity index (χ3v) is 4.49. The lowest BCUT2D eigenvalue weighted by Crippen LogP contribution is -2.33. The zero-order valence-corrected chi connectivity index (χ0v) is 14.3. The topological polar surface area (TPSA) is 77.2 Å². The van der Waals surface area contributed by atoms with Gasteiger partial charge in [0.05, 0.1) is 7.11 Å². The minimum atomic E-state index is -0.255. The molecule has 0 aliphatic heterocycles. The largest absolute Gasteiger partial charge is 0.497 e. The maximum absolute atomic E-state index is 12.2. The summed E-state index contributed by atoms with van der Waals surface area (Å²) in [5.74, 6) is 2.14. The molecule has 1 amide bonds. The van der Waals surface area contributed by atoms with Gasteiger partial charge in [0.25, 0.3) is 0 Å². The van der Waals surface area contributed by atoms with Crippen LogP contribution in [0.15, 0.2) is 28.8 Å². The van der Waals surface area contributed by atoms with Crippen molar-refractivity contribution in [3.8, 4) is 17.1 Å². The SMILES string of the molecule is CC[C@@H](C)[C@@H](NC(=O)C1CC1)c1nc(-c2cccc(OC)c2)no1. The lowest BCUT2D eigenvalue weighted by molar-refractivity contribution is -0.123. The first kappa shape index (κ1) is 16.5. The van der Waals surface area contributed by atoms with Gasteiger partial charge in [0.1, 0.15) is 11.8 Å². The molecule has 1 aliphatic carbocycles. The Kier molecular flexibility index (Phi) is 4.83. The Hall–Kier alpha value is -2.37. The van der Waals surface area contributed by atoms with E-state index < -0.39 is 0 Å². The van der Waals surface area contributed by atoms with Gasteiger partial charge in [-0.1, -0.05) is 37.6 Å².